The van der Waals surface area contributed by atoms with Crippen molar-refractivity contribution in [3.05, 3.63) is 24.3 Å². The summed E-state index contributed by atoms with van der Waals surface area (Å²) in [6.07, 6.45) is 1.51. The molecule has 0 heterocycles. The molecule has 0 bridgehead atoms. The molecule has 4 heteroatoms. The second-order valence-corrected chi connectivity index (χ2v) is 5.89. The largest absolute Gasteiger partial charge is 0.399 e. The number of carbonyl (C=O) groups excluding carboxylic acids is 1. The van der Waals surface area contributed by atoms with Crippen molar-refractivity contribution in [1.82, 2.24) is 0 Å². The van der Waals surface area contributed by atoms with Gasteiger partial charge in [-0.1, -0.05) is 13.8 Å². The lowest BCUT2D eigenvalue weighted by Gasteiger charge is -2.06. The van der Waals surface area contributed by atoms with Crippen LogP contribution in [0.25, 0.3) is 0 Å². The van der Waals surface area contributed by atoms with Crippen LogP contribution in [0.3, 0.4) is 0 Å². The molecular formula is C14H22N2OS. The van der Waals surface area contributed by atoms with Gasteiger partial charge in [0.05, 0.1) is 0 Å². The highest BCUT2D eigenvalue weighted by Gasteiger charge is 2.02. The van der Waals surface area contributed by atoms with Gasteiger partial charge in [-0.15, -0.1) is 0 Å². The van der Waals surface area contributed by atoms with Crippen molar-refractivity contribution in [1.29, 1.82) is 0 Å². The van der Waals surface area contributed by atoms with Crippen LogP contribution in [0.15, 0.2) is 24.3 Å². The molecule has 18 heavy (non-hydrogen) atoms. The van der Waals surface area contributed by atoms with Crippen LogP contribution >= 0.6 is 11.8 Å². The predicted molar refractivity (Wildman–Crippen MR) is 80.9 cm³/mol. The molecule has 0 unspecified atom stereocenters. The first kappa shape index (κ1) is 14.9. The number of nitrogens with one attached hydrogen (secondary N) is 1. The van der Waals surface area contributed by atoms with Gasteiger partial charge in [-0.3, -0.25) is 4.79 Å². The fourth-order valence-electron chi connectivity index (χ4n) is 1.44. The van der Waals surface area contributed by atoms with Gasteiger partial charge in [0.15, 0.2) is 0 Å². The lowest BCUT2D eigenvalue weighted by atomic mass is 10.2. The van der Waals surface area contributed by atoms with Crippen LogP contribution in [0.1, 0.15) is 26.7 Å². The number of rotatable bonds is 7. The molecule has 0 radical (unpaired) electrons. The molecule has 0 aliphatic rings. The zero-order valence-corrected chi connectivity index (χ0v) is 11.9. The Hall–Kier alpha value is -1.16. The maximum atomic E-state index is 11.6. The molecule has 0 aliphatic carbocycles. The van der Waals surface area contributed by atoms with Gasteiger partial charge >= 0.3 is 0 Å². The topological polar surface area (TPSA) is 55.1 Å². The summed E-state index contributed by atoms with van der Waals surface area (Å²) < 4.78 is 0. The van der Waals surface area contributed by atoms with E-state index in [0.29, 0.717) is 12.1 Å². The first-order chi connectivity index (χ1) is 8.58. The van der Waals surface area contributed by atoms with Gasteiger partial charge in [0.1, 0.15) is 0 Å². The van der Waals surface area contributed by atoms with E-state index in [0.717, 1.165) is 23.8 Å². The maximum Gasteiger partial charge on any atom is 0.224 e. The first-order valence-corrected chi connectivity index (χ1v) is 7.46. The number of hydrogen-bond acceptors (Lipinski definition) is 3. The summed E-state index contributed by atoms with van der Waals surface area (Å²) in [5.74, 6) is 3.01. The van der Waals surface area contributed by atoms with Gasteiger partial charge in [-0.25, -0.2) is 0 Å². The highest BCUT2D eigenvalue weighted by atomic mass is 32.2. The van der Waals surface area contributed by atoms with E-state index in [4.69, 9.17) is 5.73 Å². The highest BCUT2D eigenvalue weighted by Crippen LogP contribution is 2.12. The molecule has 0 aromatic heterocycles. The number of thioether (sulfide) groups is 1. The average molecular weight is 266 g/mol. The normalized spacial score (nSPS) is 10.6. The van der Waals surface area contributed by atoms with E-state index in [2.05, 4.69) is 19.2 Å². The Morgan fingerprint density at radius 3 is 2.61 bits per heavy atom. The van der Waals surface area contributed by atoms with Crippen molar-refractivity contribution in [3.8, 4) is 0 Å². The molecule has 0 saturated carbocycles. The summed E-state index contributed by atoms with van der Waals surface area (Å²) in [6.45, 7) is 4.42. The van der Waals surface area contributed by atoms with Crippen molar-refractivity contribution in [3.63, 3.8) is 0 Å². The highest BCUT2D eigenvalue weighted by molar-refractivity contribution is 7.99. The van der Waals surface area contributed by atoms with E-state index < -0.39 is 0 Å². The molecule has 0 atom stereocenters. The third kappa shape index (κ3) is 6.55. The lowest BCUT2D eigenvalue weighted by molar-refractivity contribution is -0.116. The predicted octanol–water partition coefficient (Wildman–Crippen LogP) is 3.38. The molecule has 1 aromatic carbocycles. The molecule has 0 spiro atoms. The van der Waals surface area contributed by atoms with Crippen LogP contribution in [0, 0.1) is 5.92 Å². The van der Waals surface area contributed by atoms with Crippen molar-refractivity contribution >= 4 is 29.0 Å². The number of anilines is 2. The van der Waals surface area contributed by atoms with E-state index in [1.54, 1.807) is 12.1 Å². The van der Waals surface area contributed by atoms with Crippen LogP contribution in [0.4, 0.5) is 11.4 Å². The minimum Gasteiger partial charge on any atom is -0.399 e. The second kappa shape index (κ2) is 8.03. The fraction of sp³-hybridized carbons (Fsp3) is 0.500. The number of hydrogen-bond donors (Lipinski definition) is 2. The van der Waals surface area contributed by atoms with Gasteiger partial charge in [-0.2, -0.15) is 11.8 Å². The summed E-state index contributed by atoms with van der Waals surface area (Å²) in [5.41, 5.74) is 7.10. The molecule has 3 nitrogen and oxygen atoms in total. The Morgan fingerprint density at radius 2 is 2.00 bits per heavy atom. The number of nitrogens with two attached hydrogens (primary N) is 1. The molecule has 0 saturated heterocycles. The average Bonchev–Trinajstić information content (AvgIpc) is 2.31. The number of carbonyl (C=O) groups is 1. The zero-order chi connectivity index (χ0) is 13.4. The van der Waals surface area contributed by atoms with Gasteiger partial charge < -0.3 is 11.1 Å². The number of amides is 1. The molecule has 0 fully saturated rings. The Labute approximate surface area is 114 Å². The van der Waals surface area contributed by atoms with Crippen LogP contribution in [0.5, 0.6) is 0 Å². The Kier molecular flexibility index (Phi) is 6.65. The molecule has 3 N–H and O–H groups in total. The standard InChI is InChI=1S/C14H22N2OS/c1-11(2)10-18-9-3-4-14(17)16-13-7-5-12(15)6-8-13/h5-8,11H,3-4,9-10,15H2,1-2H3,(H,16,17). The Balaban J connectivity index is 2.16. The first-order valence-electron chi connectivity index (χ1n) is 6.31. The van der Waals surface area contributed by atoms with Crippen LogP contribution in [-0.2, 0) is 4.79 Å². The summed E-state index contributed by atoms with van der Waals surface area (Å²) in [4.78, 5) is 11.6. The minimum absolute atomic E-state index is 0.0740. The van der Waals surface area contributed by atoms with E-state index in [-0.39, 0.29) is 5.91 Å². The maximum absolute atomic E-state index is 11.6. The van der Waals surface area contributed by atoms with E-state index >= 15 is 0 Å². The van der Waals surface area contributed by atoms with Gasteiger partial charge in [0.2, 0.25) is 5.91 Å². The smallest absolute Gasteiger partial charge is 0.224 e. The molecule has 0 aliphatic heterocycles. The van der Waals surface area contributed by atoms with Gasteiger partial charge in [0, 0.05) is 17.8 Å². The van der Waals surface area contributed by atoms with Crippen LogP contribution in [0.2, 0.25) is 0 Å². The second-order valence-electron chi connectivity index (χ2n) is 4.74. The summed E-state index contributed by atoms with van der Waals surface area (Å²) in [6, 6.07) is 7.21. The minimum atomic E-state index is 0.0740. The Morgan fingerprint density at radius 1 is 1.33 bits per heavy atom. The zero-order valence-electron chi connectivity index (χ0n) is 11.1. The quantitative estimate of drug-likeness (QED) is 0.587. The third-order valence-corrected chi connectivity index (χ3v) is 3.82. The lowest BCUT2D eigenvalue weighted by Crippen LogP contribution is -2.11. The molecule has 1 amide bonds. The third-order valence-electron chi connectivity index (χ3n) is 2.34. The molecule has 1 aromatic rings. The van der Waals surface area contributed by atoms with Gasteiger partial charge in [-0.05, 0) is 48.1 Å². The molecule has 1 rings (SSSR count). The van der Waals surface area contributed by atoms with Crippen molar-refractivity contribution < 1.29 is 4.79 Å². The number of nitrogen functional groups attached to an aromatic ring is 1. The van der Waals surface area contributed by atoms with Crippen molar-refractivity contribution in [2.24, 2.45) is 5.92 Å². The van der Waals surface area contributed by atoms with Gasteiger partial charge in [0.25, 0.3) is 0 Å². The molecular weight excluding hydrogens is 244 g/mol. The van der Waals surface area contributed by atoms with Crippen LogP contribution < -0.4 is 11.1 Å². The van der Waals surface area contributed by atoms with E-state index in [9.17, 15) is 4.79 Å². The van der Waals surface area contributed by atoms with E-state index in [1.165, 1.54) is 5.75 Å². The summed E-state index contributed by atoms with van der Waals surface area (Å²) in [5, 5.41) is 2.87. The summed E-state index contributed by atoms with van der Waals surface area (Å²) in [7, 11) is 0. The Bertz CT molecular complexity index is 363. The van der Waals surface area contributed by atoms with E-state index in [1.807, 2.05) is 23.9 Å². The van der Waals surface area contributed by atoms with Crippen molar-refractivity contribution in [2.45, 2.75) is 26.7 Å². The SMILES string of the molecule is CC(C)CSCCCC(=O)Nc1ccc(N)cc1. The van der Waals surface area contributed by atoms with Crippen LogP contribution in [-0.4, -0.2) is 17.4 Å². The molecule has 100 valence electrons. The monoisotopic (exact) mass is 266 g/mol. The number of benzene rings is 1. The fourth-order valence-corrected chi connectivity index (χ4v) is 2.43. The summed E-state index contributed by atoms with van der Waals surface area (Å²) >= 11 is 1.92. The van der Waals surface area contributed by atoms with Crippen molar-refractivity contribution in [2.75, 3.05) is 22.6 Å².